The van der Waals surface area contributed by atoms with Crippen molar-refractivity contribution in [2.75, 3.05) is 23.3 Å². The molecule has 3 rings (SSSR count). The normalized spacial score (nSPS) is 14.3. The maximum Gasteiger partial charge on any atom is 0.339 e. The third-order valence-electron chi connectivity index (χ3n) is 4.69. The molecule has 0 aliphatic carbocycles. The quantitative estimate of drug-likeness (QED) is 0.436. The van der Waals surface area contributed by atoms with Crippen molar-refractivity contribution < 1.29 is 28.0 Å². The number of hydrogen-bond acceptors (Lipinski definition) is 6. The van der Waals surface area contributed by atoms with Gasteiger partial charge in [0.25, 0.3) is 11.6 Å². The van der Waals surface area contributed by atoms with Gasteiger partial charge < -0.3 is 15.0 Å². The van der Waals surface area contributed by atoms with Gasteiger partial charge in [0.05, 0.1) is 16.2 Å². The standard InChI is InChI=1S/C20H19F2N3O5/c1-12(19(26)23-16-11-14(21)5-6-15(16)22)30-20(27)13-4-7-17(18(10-13)25(28)29)24-8-2-3-9-24/h4-7,10-12H,2-3,8-9H2,1H3,(H,23,26). The molecule has 1 heterocycles. The topological polar surface area (TPSA) is 102 Å². The van der Waals surface area contributed by atoms with Crippen molar-refractivity contribution in [3.8, 4) is 0 Å². The molecule has 10 heteroatoms. The first kappa shape index (κ1) is 21.2. The summed E-state index contributed by atoms with van der Waals surface area (Å²) in [5.41, 5.74) is -0.304. The highest BCUT2D eigenvalue weighted by atomic mass is 19.1. The highest BCUT2D eigenvalue weighted by Crippen LogP contribution is 2.32. The van der Waals surface area contributed by atoms with Crippen LogP contribution < -0.4 is 10.2 Å². The fraction of sp³-hybridized carbons (Fsp3) is 0.300. The van der Waals surface area contributed by atoms with E-state index in [1.54, 1.807) is 0 Å². The van der Waals surface area contributed by atoms with Gasteiger partial charge >= 0.3 is 5.97 Å². The first-order valence-corrected chi connectivity index (χ1v) is 9.26. The molecule has 1 aliphatic rings. The number of esters is 1. The highest BCUT2D eigenvalue weighted by Gasteiger charge is 2.26. The van der Waals surface area contributed by atoms with Crippen LogP contribution in [0.2, 0.25) is 0 Å². The summed E-state index contributed by atoms with van der Waals surface area (Å²) in [6.45, 7) is 2.63. The van der Waals surface area contributed by atoms with E-state index in [0.717, 1.165) is 37.1 Å². The van der Waals surface area contributed by atoms with Crippen molar-refractivity contribution in [3.05, 3.63) is 63.7 Å². The molecule has 2 aromatic carbocycles. The van der Waals surface area contributed by atoms with Crippen LogP contribution in [0.15, 0.2) is 36.4 Å². The molecule has 2 aromatic rings. The molecule has 0 radical (unpaired) electrons. The molecule has 1 unspecified atom stereocenters. The van der Waals surface area contributed by atoms with Gasteiger partial charge in [-0.05, 0) is 44.0 Å². The van der Waals surface area contributed by atoms with Crippen LogP contribution in [-0.4, -0.2) is 36.0 Å². The average Bonchev–Trinajstić information content (AvgIpc) is 3.24. The van der Waals surface area contributed by atoms with Gasteiger partial charge in [0.15, 0.2) is 6.10 Å². The van der Waals surface area contributed by atoms with E-state index in [4.69, 9.17) is 4.74 Å². The van der Waals surface area contributed by atoms with Crippen molar-refractivity contribution in [2.45, 2.75) is 25.9 Å². The Labute approximate surface area is 170 Å². The van der Waals surface area contributed by atoms with Crippen molar-refractivity contribution in [1.82, 2.24) is 0 Å². The van der Waals surface area contributed by atoms with Gasteiger partial charge in [-0.1, -0.05) is 0 Å². The van der Waals surface area contributed by atoms with Crippen molar-refractivity contribution >= 4 is 28.9 Å². The average molecular weight is 419 g/mol. The number of nitro groups is 1. The fourth-order valence-corrected chi connectivity index (χ4v) is 3.13. The molecular weight excluding hydrogens is 400 g/mol. The van der Waals surface area contributed by atoms with Crippen molar-refractivity contribution in [2.24, 2.45) is 0 Å². The van der Waals surface area contributed by atoms with Crippen LogP contribution in [-0.2, 0) is 9.53 Å². The first-order valence-electron chi connectivity index (χ1n) is 9.26. The maximum absolute atomic E-state index is 13.6. The van der Waals surface area contributed by atoms with Crippen LogP contribution in [0, 0.1) is 21.7 Å². The number of nitrogens with one attached hydrogen (secondary N) is 1. The number of ether oxygens (including phenoxy) is 1. The molecule has 158 valence electrons. The number of carbonyl (C=O) groups excluding carboxylic acids is 2. The monoisotopic (exact) mass is 419 g/mol. The Balaban J connectivity index is 1.71. The predicted molar refractivity (Wildman–Crippen MR) is 104 cm³/mol. The highest BCUT2D eigenvalue weighted by molar-refractivity contribution is 5.98. The smallest absolute Gasteiger partial charge is 0.339 e. The lowest BCUT2D eigenvalue weighted by atomic mass is 10.1. The van der Waals surface area contributed by atoms with E-state index in [9.17, 15) is 28.5 Å². The number of hydrogen-bond donors (Lipinski definition) is 1. The molecule has 0 spiro atoms. The Bertz CT molecular complexity index is 992. The summed E-state index contributed by atoms with van der Waals surface area (Å²) in [6.07, 6.45) is 0.511. The molecule has 1 atom stereocenters. The van der Waals surface area contributed by atoms with Gasteiger partial charge in [-0.3, -0.25) is 14.9 Å². The molecule has 1 N–H and O–H groups in total. The van der Waals surface area contributed by atoms with E-state index in [0.29, 0.717) is 18.8 Å². The summed E-state index contributed by atoms with van der Waals surface area (Å²) < 4.78 is 31.9. The number of anilines is 2. The number of amides is 1. The molecule has 1 fully saturated rings. The predicted octanol–water partition coefficient (Wildman–Crippen LogP) is 3.66. The van der Waals surface area contributed by atoms with Crippen LogP contribution >= 0.6 is 0 Å². The lowest BCUT2D eigenvalue weighted by molar-refractivity contribution is -0.384. The number of benzene rings is 2. The van der Waals surface area contributed by atoms with E-state index in [2.05, 4.69) is 5.32 Å². The Hall–Kier alpha value is -3.56. The third-order valence-corrected chi connectivity index (χ3v) is 4.69. The van der Waals surface area contributed by atoms with Gasteiger partial charge in [0.2, 0.25) is 0 Å². The van der Waals surface area contributed by atoms with Crippen LogP contribution in [0.3, 0.4) is 0 Å². The van der Waals surface area contributed by atoms with E-state index in [-0.39, 0.29) is 11.3 Å². The summed E-state index contributed by atoms with van der Waals surface area (Å²) in [7, 11) is 0. The fourth-order valence-electron chi connectivity index (χ4n) is 3.13. The van der Waals surface area contributed by atoms with Crippen LogP contribution in [0.5, 0.6) is 0 Å². The SMILES string of the molecule is CC(OC(=O)c1ccc(N2CCCC2)c([N+](=O)[O-])c1)C(=O)Nc1cc(F)ccc1F. The summed E-state index contributed by atoms with van der Waals surface area (Å²) in [5, 5.41) is 13.6. The minimum atomic E-state index is -1.35. The number of nitrogens with zero attached hydrogens (tertiary/aromatic N) is 2. The van der Waals surface area contributed by atoms with Crippen molar-refractivity contribution in [3.63, 3.8) is 0 Å². The third kappa shape index (κ3) is 4.70. The van der Waals surface area contributed by atoms with Gasteiger partial charge in [-0.2, -0.15) is 0 Å². The lowest BCUT2D eigenvalue weighted by Crippen LogP contribution is -2.30. The first-order chi connectivity index (χ1) is 14.3. The lowest BCUT2D eigenvalue weighted by Gasteiger charge is -2.18. The summed E-state index contributed by atoms with van der Waals surface area (Å²) in [6, 6.07) is 6.51. The van der Waals surface area contributed by atoms with Gasteiger partial charge in [-0.25, -0.2) is 13.6 Å². The minimum absolute atomic E-state index is 0.0961. The van der Waals surface area contributed by atoms with Crippen molar-refractivity contribution in [1.29, 1.82) is 0 Å². The second kappa shape index (κ2) is 8.85. The Morgan fingerprint density at radius 3 is 2.53 bits per heavy atom. The largest absolute Gasteiger partial charge is 0.449 e. The van der Waals surface area contributed by atoms with E-state index in [1.165, 1.54) is 19.1 Å². The zero-order valence-corrected chi connectivity index (χ0v) is 16.1. The number of rotatable bonds is 6. The summed E-state index contributed by atoms with van der Waals surface area (Å²) >= 11 is 0. The molecule has 0 aromatic heterocycles. The second-order valence-corrected chi connectivity index (χ2v) is 6.82. The Kier molecular flexibility index (Phi) is 6.24. The number of halogens is 2. The van der Waals surface area contributed by atoms with Gasteiger partial charge in [0, 0.05) is 25.2 Å². The Morgan fingerprint density at radius 1 is 1.17 bits per heavy atom. The molecule has 1 aliphatic heterocycles. The van der Waals surface area contributed by atoms with Gasteiger partial charge in [0.1, 0.15) is 17.3 Å². The molecule has 8 nitrogen and oxygen atoms in total. The minimum Gasteiger partial charge on any atom is -0.449 e. The van der Waals surface area contributed by atoms with Crippen LogP contribution in [0.4, 0.5) is 25.8 Å². The molecule has 0 saturated carbocycles. The second-order valence-electron chi connectivity index (χ2n) is 6.82. The van der Waals surface area contributed by atoms with E-state index < -0.39 is 40.2 Å². The number of nitro benzene ring substituents is 1. The van der Waals surface area contributed by atoms with Crippen LogP contribution in [0.1, 0.15) is 30.1 Å². The zero-order valence-electron chi connectivity index (χ0n) is 16.1. The molecule has 1 saturated heterocycles. The summed E-state index contributed by atoms with van der Waals surface area (Å²) in [4.78, 5) is 37.3. The summed E-state index contributed by atoms with van der Waals surface area (Å²) in [5.74, 6) is -3.43. The number of carbonyl (C=O) groups is 2. The molecule has 0 bridgehead atoms. The zero-order chi connectivity index (χ0) is 21.8. The Morgan fingerprint density at radius 2 is 1.87 bits per heavy atom. The van der Waals surface area contributed by atoms with E-state index in [1.807, 2.05) is 4.90 Å². The molecular formula is C20H19F2N3O5. The van der Waals surface area contributed by atoms with Gasteiger partial charge in [-0.15, -0.1) is 0 Å². The maximum atomic E-state index is 13.6. The molecule has 30 heavy (non-hydrogen) atoms. The van der Waals surface area contributed by atoms with E-state index >= 15 is 0 Å². The van der Waals surface area contributed by atoms with Crippen LogP contribution in [0.25, 0.3) is 0 Å². The molecule has 1 amide bonds.